The molecule has 0 unspecified atom stereocenters. The number of hydrogen-bond donors (Lipinski definition) is 1. The largest absolute Gasteiger partial charge is 0.460 e. The van der Waals surface area contributed by atoms with Gasteiger partial charge in [-0.25, -0.2) is 0 Å². The molecule has 0 fully saturated rings. The third-order valence-electron chi connectivity index (χ3n) is 3.13. The van der Waals surface area contributed by atoms with Crippen LogP contribution in [0.5, 0.6) is 0 Å². The number of hydrogen-bond acceptors (Lipinski definition) is 6. The lowest BCUT2D eigenvalue weighted by Gasteiger charge is -2.07. The van der Waals surface area contributed by atoms with Crippen molar-refractivity contribution in [3.8, 4) is 0 Å². The summed E-state index contributed by atoms with van der Waals surface area (Å²) >= 11 is 4.62. The fourth-order valence-electron chi connectivity index (χ4n) is 1.88. The maximum atomic E-state index is 11.8. The molecule has 1 amide bonds. The molecule has 0 aliphatic carbocycles. The van der Waals surface area contributed by atoms with Crippen LogP contribution in [0.1, 0.15) is 15.9 Å². The molecule has 0 radical (unpaired) electrons. The Bertz CT molecular complexity index is 811. The van der Waals surface area contributed by atoms with Crippen molar-refractivity contribution in [3.63, 3.8) is 0 Å². The second-order valence-corrected chi connectivity index (χ2v) is 6.83. The molecule has 9 heteroatoms. The molecule has 0 atom stereocenters. The number of benzene rings is 2. The van der Waals surface area contributed by atoms with Gasteiger partial charge in [0.15, 0.2) is 0 Å². The predicted octanol–water partition coefficient (Wildman–Crippen LogP) is 3.29. The fraction of sp³-hybridized carbons (Fsp3) is 0.125. The number of esters is 1. The molecule has 2 aromatic rings. The van der Waals surface area contributed by atoms with Gasteiger partial charge in [0.2, 0.25) is 5.91 Å². The minimum Gasteiger partial charge on any atom is -0.460 e. The van der Waals surface area contributed by atoms with Gasteiger partial charge in [-0.1, -0.05) is 15.9 Å². The molecule has 2 N–H and O–H groups in total. The second-order valence-electron chi connectivity index (χ2n) is 4.87. The number of halogens is 1. The summed E-state index contributed by atoms with van der Waals surface area (Å²) in [6, 6.07) is 11.2. The molecule has 0 aliphatic heterocycles. The highest BCUT2D eigenvalue weighted by molar-refractivity contribution is 9.10. The van der Waals surface area contributed by atoms with Crippen LogP contribution in [0.2, 0.25) is 0 Å². The van der Waals surface area contributed by atoms with Crippen molar-refractivity contribution < 1.29 is 19.2 Å². The summed E-state index contributed by atoms with van der Waals surface area (Å²) in [4.78, 5) is 34.3. The molecular formula is C16H13BrN2O5S. The number of nitro benzene ring substituents is 1. The summed E-state index contributed by atoms with van der Waals surface area (Å²) in [5, 5.41) is 11.1. The number of amides is 1. The van der Waals surface area contributed by atoms with E-state index >= 15 is 0 Å². The SMILES string of the molecule is NC(=O)c1ccc(COC(=O)CSc2ccc(Br)cc2)c([N+](=O)[O-])c1. The fourth-order valence-corrected chi connectivity index (χ4v) is 2.84. The first-order valence-electron chi connectivity index (χ1n) is 6.98. The zero-order valence-electron chi connectivity index (χ0n) is 12.8. The summed E-state index contributed by atoms with van der Waals surface area (Å²) in [7, 11) is 0. The van der Waals surface area contributed by atoms with E-state index in [1.54, 1.807) is 0 Å². The number of carbonyl (C=O) groups is 2. The molecule has 0 spiro atoms. The van der Waals surface area contributed by atoms with Crippen LogP contribution in [0.3, 0.4) is 0 Å². The zero-order valence-corrected chi connectivity index (χ0v) is 15.2. The van der Waals surface area contributed by atoms with Gasteiger partial charge in [0, 0.05) is 21.0 Å². The van der Waals surface area contributed by atoms with E-state index in [4.69, 9.17) is 10.5 Å². The highest BCUT2D eigenvalue weighted by atomic mass is 79.9. The first kappa shape index (κ1) is 18.9. The highest BCUT2D eigenvalue weighted by Crippen LogP contribution is 2.23. The lowest BCUT2D eigenvalue weighted by Crippen LogP contribution is -2.12. The molecule has 0 heterocycles. The Labute approximate surface area is 155 Å². The molecule has 0 saturated carbocycles. The average molecular weight is 425 g/mol. The summed E-state index contributed by atoms with van der Waals surface area (Å²) in [5.74, 6) is -1.19. The normalized spacial score (nSPS) is 10.3. The number of ether oxygens (including phenoxy) is 1. The summed E-state index contributed by atoms with van der Waals surface area (Å²) in [5.41, 5.74) is 5.00. The number of primary amides is 1. The van der Waals surface area contributed by atoms with Crippen LogP contribution in [0.4, 0.5) is 5.69 Å². The molecule has 130 valence electrons. The van der Waals surface area contributed by atoms with Crippen LogP contribution in [0, 0.1) is 10.1 Å². The zero-order chi connectivity index (χ0) is 18.4. The molecule has 2 aromatic carbocycles. The van der Waals surface area contributed by atoms with Crippen molar-refractivity contribution >= 4 is 45.3 Å². The molecule has 2 rings (SSSR count). The van der Waals surface area contributed by atoms with E-state index in [9.17, 15) is 19.7 Å². The predicted molar refractivity (Wildman–Crippen MR) is 96.3 cm³/mol. The lowest BCUT2D eigenvalue weighted by atomic mass is 10.1. The van der Waals surface area contributed by atoms with Gasteiger partial charge >= 0.3 is 5.97 Å². The third kappa shape index (κ3) is 5.57. The van der Waals surface area contributed by atoms with Gasteiger partial charge in [0.25, 0.3) is 5.69 Å². The molecular weight excluding hydrogens is 412 g/mol. The third-order valence-corrected chi connectivity index (χ3v) is 4.64. The van der Waals surface area contributed by atoms with Gasteiger partial charge in [-0.2, -0.15) is 0 Å². The van der Waals surface area contributed by atoms with Crippen molar-refractivity contribution in [2.45, 2.75) is 11.5 Å². The number of carbonyl (C=O) groups excluding carboxylic acids is 2. The van der Waals surface area contributed by atoms with Crippen molar-refractivity contribution in [1.29, 1.82) is 0 Å². The van der Waals surface area contributed by atoms with E-state index in [1.807, 2.05) is 24.3 Å². The minimum absolute atomic E-state index is 0.0209. The monoisotopic (exact) mass is 424 g/mol. The van der Waals surface area contributed by atoms with E-state index in [2.05, 4.69) is 15.9 Å². The number of rotatable bonds is 7. The number of nitro groups is 1. The van der Waals surface area contributed by atoms with Crippen LogP contribution < -0.4 is 5.73 Å². The maximum absolute atomic E-state index is 11.8. The van der Waals surface area contributed by atoms with Gasteiger partial charge in [0.05, 0.1) is 16.2 Å². The highest BCUT2D eigenvalue weighted by Gasteiger charge is 2.18. The Morgan fingerprint density at radius 1 is 1.20 bits per heavy atom. The summed E-state index contributed by atoms with van der Waals surface area (Å²) in [6.45, 7) is -0.255. The van der Waals surface area contributed by atoms with E-state index in [-0.39, 0.29) is 29.2 Å². The smallest absolute Gasteiger partial charge is 0.316 e. The van der Waals surface area contributed by atoms with Crippen LogP contribution in [0.15, 0.2) is 51.8 Å². The van der Waals surface area contributed by atoms with Gasteiger partial charge in [-0.05, 0) is 36.4 Å². The van der Waals surface area contributed by atoms with Gasteiger partial charge < -0.3 is 10.5 Å². The molecule has 0 saturated heterocycles. The van der Waals surface area contributed by atoms with E-state index in [0.717, 1.165) is 15.4 Å². The van der Waals surface area contributed by atoms with Crippen LogP contribution >= 0.6 is 27.7 Å². The quantitative estimate of drug-likeness (QED) is 0.315. The Balaban J connectivity index is 1.95. The van der Waals surface area contributed by atoms with Crippen molar-refractivity contribution in [2.75, 3.05) is 5.75 Å². The first-order chi connectivity index (χ1) is 11.9. The Hall–Kier alpha value is -2.39. The Kier molecular flexibility index (Phi) is 6.54. The second kappa shape index (κ2) is 8.63. The van der Waals surface area contributed by atoms with Crippen molar-refractivity contribution in [3.05, 3.63) is 68.2 Å². The molecule has 7 nitrogen and oxygen atoms in total. The number of nitrogens with two attached hydrogens (primary N) is 1. The average Bonchev–Trinajstić information content (AvgIpc) is 2.59. The number of nitrogens with zero attached hydrogens (tertiary/aromatic N) is 1. The Morgan fingerprint density at radius 2 is 1.88 bits per heavy atom. The standard InChI is InChI=1S/C16H13BrN2O5S/c17-12-3-5-13(6-4-12)25-9-15(20)24-8-11-2-1-10(16(18)21)7-14(11)19(22)23/h1-7H,8-9H2,(H2,18,21). The van der Waals surface area contributed by atoms with Crippen molar-refractivity contribution in [1.82, 2.24) is 0 Å². The Morgan fingerprint density at radius 3 is 2.48 bits per heavy atom. The summed E-state index contributed by atoms with van der Waals surface area (Å²) < 4.78 is 6.01. The van der Waals surface area contributed by atoms with Crippen LogP contribution in [0.25, 0.3) is 0 Å². The lowest BCUT2D eigenvalue weighted by molar-refractivity contribution is -0.385. The molecule has 0 bridgehead atoms. The molecule has 25 heavy (non-hydrogen) atoms. The topological polar surface area (TPSA) is 113 Å². The van der Waals surface area contributed by atoms with Gasteiger partial charge in [-0.15, -0.1) is 11.8 Å². The van der Waals surface area contributed by atoms with E-state index < -0.39 is 16.8 Å². The molecule has 0 aliphatic rings. The minimum atomic E-state index is -0.766. The first-order valence-corrected chi connectivity index (χ1v) is 8.76. The van der Waals surface area contributed by atoms with Gasteiger partial charge in [0.1, 0.15) is 6.61 Å². The van der Waals surface area contributed by atoms with Crippen LogP contribution in [-0.4, -0.2) is 22.6 Å². The van der Waals surface area contributed by atoms with E-state index in [1.165, 1.54) is 23.9 Å². The molecule has 0 aromatic heterocycles. The summed E-state index contributed by atoms with van der Waals surface area (Å²) in [6.07, 6.45) is 0. The van der Waals surface area contributed by atoms with E-state index in [0.29, 0.717) is 0 Å². The van der Waals surface area contributed by atoms with Crippen LogP contribution in [-0.2, 0) is 16.1 Å². The number of thioether (sulfide) groups is 1. The van der Waals surface area contributed by atoms with Gasteiger partial charge in [-0.3, -0.25) is 19.7 Å². The maximum Gasteiger partial charge on any atom is 0.316 e. The van der Waals surface area contributed by atoms with Crippen molar-refractivity contribution in [2.24, 2.45) is 5.73 Å².